The van der Waals surface area contributed by atoms with Gasteiger partial charge >= 0.3 is 6.09 Å². The number of nitrogens with one attached hydrogen (secondary N) is 1. The Kier molecular flexibility index (Phi) is 8.56. The van der Waals surface area contributed by atoms with E-state index >= 15 is 0 Å². The number of amides is 2. The van der Waals surface area contributed by atoms with Crippen LogP contribution in [0.25, 0.3) is 10.2 Å². The smallest absolute Gasteiger partial charge is 0.410 e. The molecule has 1 N–H and O–H groups in total. The fourth-order valence-electron chi connectivity index (χ4n) is 5.19. The number of thiophene rings is 1. The van der Waals surface area contributed by atoms with Crippen LogP contribution in [0.1, 0.15) is 56.6 Å². The number of fused-ring (bicyclic) bond motifs is 1. The largest absolute Gasteiger partial charge is 0.489 e. The predicted molar refractivity (Wildman–Crippen MR) is 162 cm³/mol. The third-order valence-electron chi connectivity index (χ3n) is 7.32. The number of aryl methyl sites for hydroxylation is 1. The van der Waals surface area contributed by atoms with Gasteiger partial charge in [0, 0.05) is 30.8 Å². The molecule has 41 heavy (non-hydrogen) atoms. The minimum Gasteiger partial charge on any atom is -0.489 e. The molecule has 218 valence electrons. The van der Waals surface area contributed by atoms with Gasteiger partial charge in [-0.05, 0) is 69.3 Å². The Morgan fingerprint density at radius 2 is 1.98 bits per heavy atom. The molecule has 3 unspecified atom stereocenters. The predicted octanol–water partition coefficient (Wildman–Crippen LogP) is 6.88. The highest BCUT2D eigenvalue weighted by Crippen LogP contribution is 2.28. The monoisotopic (exact) mass is 577 g/mol. The normalized spacial score (nSPS) is 21.0. The van der Waals surface area contributed by atoms with Crippen LogP contribution in [0, 0.1) is 5.92 Å². The maximum atomic E-state index is 13.1. The summed E-state index contributed by atoms with van der Waals surface area (Å²) in [6, 6.07) is 11.7. The zero-order chi connectivity index (χ0) is 29.1. The molecule has 0 bridgehead atoms. The molecule has 3 atom stereocenters. The fourth-order valence-corrected chi connectivity index (χ4v) is 6.04. The molecule has 1 fully saturated rings. The van der Waals surface area contributed by atoms with E-state index in [-0.39, 0.29) is 30.1 Å². The van der Waals surface area contributed by atoms with Crippen LogP contribution in [0.2, 0.25) is 0 Å². The van der Waals surface area contributed by atoms with Gasteiger partial charge in [-0.2, -0.15) is 0 Å². The quantitative estimate of drug-likeness (QED) is 0.331. The Morgan fingerprint density at radius 1 is 1.17 bits per heavy atom. The lowest BCUT2D eigenvalue weighted by molar-refractivity contribution is -0.00319. The molecule has 0 saturated carbocycles. The summed E-state index contributed by atoms with van der Waals surface area (Å²) in [7, 11) is 1.91. The third kappa shape index (κ3) is 7.02. The zero-order valence-corrected chi connectivity index (χ0v) is 25.2. The average molecular weight is 578 g/mol. The van der Waals surface area contributed by atoms with E-state index in [0.29, 0.717) is 25.4 Å². The van der Waals surface area contributed by atoms with Crippen LogP contribution < -0.4 is 5.32 Å². The topological polar surface area (TPSA) is 82.0 Å². The number of nitrogens with zero attached hydrogens (tertiary/aromatic N) is 2. The van der Waals surface area contributed by atoms with Gasteiger partial charge in [-0.3, -0.25) is 4.79 Å². The van der Waals surface area contributed by atoms with Crippen molar-refractivity contribution in [1.82, 2.24) is 9.47 Å². The molecule has 2 aliphatic rings. The van der Waals surface area contributed by atoms with Crippen molar-refractivity contribution in [2.24, 2.45) is 13.0 Å². The van der Waals surface area contributed by atoms with Crippen molar-refractivity contribution >= 4 is 39.2 Å². The summed E-state index contributed by atoms with van der Waals surface area (Å²) in [5, 5.41) is 5.10. The number of rotatable bonds is 7. The number of benzene rings is 1. The second-order valence-corrected chi connectivity index (χ2v) is 12.7. The van der Waals surface area contributed by atoms with Gasteiger partial charge in [0.15, 0.2) is 0 Å². The summed E-state index contributed by atoms with van der Waals surface area (Å²) in [5.74, 6) is 0.745. The Bertz CT molecular complexity index is 1460. The number of ether oxygens (including phenoxy) is 3. The number of anilines is 1. The van der Waals surface area contributed by atoms with E-state index in [1.165, 1.54) is 0 Å². The van der Waals surface area contributed by atoms with E-state index in [2.05, 4.69) is 18.3 Å². The molecule has 1 saturated heterocycles. The van der Waals surface area contributed by atoms with Crippen molar-refractivity contribution in [2.75, 3.05) is 18.4 Å². The van der Waals surface area contributed by atoms with E-state index in [0.717, 1.165) is 40.1 Å². The van der Waals surface area contributed by atoms with E-state index in [9.17, 15) is 9.59 Å². The van der Waals surface area contributed by atoms with Crippen LogP contribution in [0.3, 0.4) is 0 Å². The van der Waals surface area contributed by atoms with Gasteiger partial charge in [0.2, 0.25) is 0 Å². The summed E-state index contributed by atoms with van der Waals surface area (Å²) in [5.41, 5.74) is 2.80. The van der Waals surface area contributed by atoms with Gasteiger partial charge in [-0.1, -0.05) is 31.2 Å². The highest BCUT2D eigenvalue weighted by Gasteiger charge is 2.29. The van der Waals surface area contributed by atoms with Crippen LogP contribution in [-0.4, -0.2) is 52.4 Å². The first-order valence-electron chi connectivity index (χ1n) is 14.2. The highest BCUT2D eigenvalue weighted by molar-refractivity contribution is 7.17. The summed E-state index contributed by atoms with van der Waals surface area (Å²) in [4.78, 5) is 27.3. The maximum Gasteiger partial charge on any atom is 0.410 e. The Morgan fingerprint density at radius 3 is 2.73 bits per heavy atom. The molecule has 9 heteroatoms. The second-order valence-electron chi connectivity index (χ2n) is 11.7. The lowest BCUT2D eigenvalue weighted by Gasteiger charge is -2.35. The molecule has 1 aliphatic heterocycles. The van der Waals surface area contributed by atoms with Gasteiger partial charge in [0.1, 0.15) is 23.2 Å². The molecule has 2 aromatic heterocycles. The lowest BCUT2D eigenvalue weighted by atomic mass is 9.98. The Balaban J connectivity index is 1.15. The van der Waals surface area contributed by atoms with Crippen molar-refractivity contribution in [3.05, 3.63) is 77.0 Å². The molecule has 3 heterocycles. The number of hydrogen-bond acceptors (Lipinski definition) is 6. The number of carbonyl (C=O) groups excluding carboxylic acids is 2. The van der Waals surface area contributed by atoms with Crippen LogP contribution in [0.15, 0.2) is 65.8 Å². The minimum absolute atomic E-state index is 0.0765. The van der Waals surface area contributed by atoms with Gasteiger partial charge < -0.3 is 29.0 Å². The van der Waals surface area contributed by atoms with Crippen LogP contribution in [0.5, 0.6) is 0 Å². The number of carbonyl (C=O) groups is 2. The van der Waals surface area contributed by atoms with Crippen molar-refractivity contribution in [1.29, 1.82) is 0 Å². The molecular weight excluding hydrogens is 538 g/mol. The van der Waals surface area contributed by atoms with Gasteiger partial charge in [0.25, 0.3) is 5.91 Å². The number of hydrogen-bond donors (Lipinski definition) is 1. The average Bonchev–Trinajstić information content (AvgIpc) is 3.51. The van der Waals surface area contributed by atoms with Crippen LogP contribution in [0.4, 0.5) is 10.5 Å². The minimum atomic E-state index is -0.519. The van der Waals surface area contributed by atoms with Crippen LogP contribution >= 0.6 is 11.3 Å². The van der Waals surface area contributed by atoms with Crippen molar-refractivity contribution in [3.63, 3.8) is 0 Å². The summed E-state index contributed by atoms with van der Waals surface area (Å²) < 4.78 is 21.1. The first-order chi connectivity index (χ1) is 19.6. The van der Waals surface area contributed by atoms with Crippen molar-refractivity contribution in [2.45, 2.75) is 65.0 Å². The van der Waals surface area contributed by atoms with E-state index in [4.69, 9.17) is 14.2 Å². The molecule has 1 aromatic carbocycles. The van der Waals surface area contributed by atoms with E-state index in [1.807, 2.05) is 86.3 Å². The molecule has 5 rings (SSSR count). The number of allylic oxidation sites excluding steroid dienone is 1. The zero-order valence-electron chi connectivity index (χ0n) is 24.4. The molecule has 8 nitrogen and oxygen atoms in total. The SMILES string of the molecule is CC1C=C(OC2CCCN(C(=O)OC(C)(C)C)C2)C=CC1OCc1ccccc1NC(=O)c1cc2sccc2n1C. The number of para-hydroxylation sites is 1. The summed E-state index contributed by atoms with van der Waals surface area (Å²) in [6.45, 7) is 9.28. The first kappa shape index (κ1) is 29.0. The van der Waals surface area contributed by atoms with Gasteiger partial charge in [0.05, 0.1) is 29.5 Å². The standard InChI is InChI=1S/C32H39N3O5S/c1-21-17-23(39-24-10-8-15-35(19-24)31(37)40-32(2,3)4)12-13-28(21)38-20-22-9-6-7-11-25(22)33-30(36)27-18-29-26(34(27)5)14-16-41-29/h6-7,9,11-14,16-18,21,24,28H,8,10,15,19-20H2,1-5H3,(H,33,36). The third-order valence-corrected chi connectivity index (χ3v) is 8.17. The molecular formula is C32H39N3O5S. The molecule has 0 spiro atoms. The van der Waals surface area contributed by atoms with Crippen molar-refractivity contribution < 1.29 is 23.8 Å². The van der Waals surface area contributed by atoms with Gasteiger partial charge in [-0.15, -0.1) is 11.3 Å². The Labute approximate surface area is 245 Å². The number of likely N-dealkylation sites (tertiary alicyclic amines) is 1. The van der Waals surface area contributed by atoms with Crippen molar-refractivity contribution in [3.8, 4) is 0 Å². The van der Waals surface area contributed by atoms with E-state index < -0.39 is 5.60 Å². The Hall–Kier alpha value is -3.56. The molecule has 0 radical (unpaired) electrons. The second kappa shape index (κ2) is 12.1. The highest BCUT2D eigenvalue weighted by atomic mass is 32.1. The summed E-state index contributed by atoms with van der Waals surface area (Å²) >= 11 is 1.62. The molecule has 3 aromatic rings. The number of piperidine rings is 1. The molecule has 1 aliphatic carbocycles. The maximum absolute atomic E-state index is 13.1. The number of aromatic nitrogens is 1. The summed E-state index contributed by atoms with van der Waals surface area (Å²) in [6.07, 6.45) is 7.32. The van der Waals surface area contributed by atoms with Crippen LogP contribution in [-0.2, 0) is 27.9 Å². The van der Waals surface area contributed by atoms with E-state index in [1.54, 1.807) is 16.2 Å². The molecule has 2 amide bonds. The first-order valence-corrected chi connectivity index (χ1v) is 15.0. The fraction of sp³-hybridized carbons (Fsp3) is 0.438. The van der Waals surface area contributed by atoms with Gasteiger partial charge in [-0.25, -0.2) is 4.79 Å². The lowest BCUT2D eigenvalue weighted by Crippen LogP contribution is -2.45.